The highest BCUT2D eigenvalue weighted by molar-refractivity contribution is 8.00. The van der Waals surface area contributed by atoms with E-state index in [0.717, 1.165) is 27.5 Å². The lowest BCUT2D eigenvalue weighted by atomic mass is 10.1. The average molecular weight is 414 g/mol. The molecule has 0 aliphatic carbocycles. The second kappa shape index (κ2) is 8.20. The standard InChI is InChI=1S/C20H22N4O4S/c1-6-28-19(26)12(3)29-17-14-16(23(4)20(27)24(5)18(14)25)21-15(22-17)13-9-7-8-11(2)10-13/h7-10,12H,6H2,1-5H3/t12-/m0/s1. The molecule has 9 heteroatoms. The van der Waals surface area contributed by atoms with Crippen molar-refractivity contribution in [2.45, 2.75) is 31.0 Å². The summed E-state index contributed by atoms with van der Waals surface area (Å²) >= 11 is 1.12. The molecule has 0 N–H and O–H groups in total. The fraction of sp³-hybridized carbons (Fsp3) is 0.350. The van der Waals surface area contributed by atoms with Gasteiger partial charge in [0.15, 0.2) is 11.5 Å². The van der Waals surface area contributed by atoms with E-state index in [9.17, 15) is 14.4 Å². The SMILES string of the molecule is CCOC(=O)[C@H](C)Sc1nc(-c2cccc(C)c2)nc2c1c(=O)n(C)c(=O)n2C. The van der Waals surface area contributed by atoms with Crippen LogP contribution in [0.3, 0.4) is 0 Å². The Kier molecular flexibility index (Phi) is 5.88. The number of fused-ring (bicyclic) bond motifs is 1. The minimum atomic E-state index is -0.583. The van der Waals surface area contributed by atoms with Gasteiger partial charge in [-0.05, 0) is 26.8 Å². The molecule has 0 unspecified atom stereocenters. The Labute approximate surface area is 171 Å². The smallest absolute Gasteiger partial charge is 0.332 e. The molecule has 1 atom stereocenters. The van der Waals surface area contributed by atoms with E-state index < -0.39 is 22.5 Å². The lowest BCUT2D eigenvalue weighted by Gasteiger charge is -2.14. The van der Waals surface area contributed by atoms with E-state index >= 15 is 0 Å². The number of aromatic nitrogens is 4. The molecule has 0 fully saturated rings. The number of aryl methyl sites for hydroxylation is 2. The largest absolute Gasteiger partial charge is 0.465 e. The number of benzene rings is 1. The summed E-state index contributed by atoms with van der Waals surface area (Å²) in [6, 6.07) is 7.62. The van der Waals surface area contributed by atoms with E-state index in [4.69, 9.17) is 4.74 Å². The molecular formula is C20H22N4O4S. The summed E-state index contributed by atoms with van der Waals surface area (Å²) < 4.78 is 7.40. The Morgan fingerprint density at radius 2 is 1.93 bits per heavy atom. The molecule has 3 aromatic rings. The van der Waals surface area contributed by atoms with Crippen molar-refractivity contribution >= 4 is 28.8 Å². The van der Waals surface area contributed by atoms with Gasteiger partial charge in [0.05, 0.1) is 6.61 Å². The molecule has 3 rings (SSSR count). The van der Waals surface area contributed by atoms with Crippen molar-refractivity contribution in [1.82, 2.24) is 19.1 Å². The molecule has 0 radical (unpaired) electrons. The van der Waals surface area contributed by atoms with Crippen LogP contribution in [0.5, 0.6) is 0 Å². The van der Waals surface area contributed by atoms with Crippen molar-refractivity contribution in [3.63, 3.8) is 0 Å². The summed E-state index contributed by atoms with van der Waals surface area (Å²) in [6.07, 6.45) is 0. The van der Waals surface area contributed by atoms with E-state index in [1.807, 2.05) is 31.2 Å². The van der Waals surface area contributed by atoms with Crippen molar-refractivity contribution in [2.24, 2.45) is 14.1 Å². The van der Waals surface area contributed by atoms with Gasteiger partial charge in [0.1, 0.15) is 15.7 Å². The van der Waals surface area contributed by atoms with Crippen molar-refractivity contribution in [3.05, 3.63) is 50.7 Å². The fourth-order valence-corrected chi connectivity index (χ4v) is 3.84. The zero-order valence-corrected chi connectivity index (χ0v) is 17.7. The van der Waals surface area contributed by atoms with E-state index in [0.29, 0.717) is 10.9 Å². The number of rotatable bonds is 5. The third-order valence-corrected chi connectivity index (χ3v) is 5.51. The molecule has 1 aromatic carbocycles. The molecule has 0 amide bonds. The van der Waals surface area contributed by atoms with Crippen LogP contribution in [-0.4, -0.2) is 36.9 Å². The van der Waals surface area contributed by atoms with Crippen LogP contribution in [0.15, 0.2) is 38.9 Å². The van der Waals surface area contributed by atoms with Gasteiger partial charge < -0.3 is 4.74 Å². The second-order valence-corrected chi connectivity index (χ2v) is 7.97. The summed E-state index contributed by atoms with van der Waals surface area (Å²) in [5, 5.41) is -0.0456. The molecular weight excluding hydrogens is 392 g/mol. The number of hydrogen-bond donors (Lipinski definition) is 0. The van der Waals surface area contributed by atoms with Gasteiger partial charge >= 0.3 is 11.7 Å². The van der Waals surface area contributed by atoms with Crippen molar-refractivity contribution in [2.75, 3.05) is 6.61 Å². The van der Waals surface area contributed by atoms with Crippen LogP contribution in [0.2, 0.25) is 0 Å². The van der Waals surface area contributed by atoms with Gasteiger partial charge in [-0.1, -0.05) is 35.5 Å². The third kappa shape index (κ3) is 3.95. The second-order valence-electron chi connectivity index (χ2n) is 6.64. The molecule has 0 aliphatic rings. The van der Waals surface area contributed by atoms with Gasteiger partial charge in [-0.25, -0.2) is 14.8 Å². The lowest BCUT2D eigenvalue weighted by Crippen LogP contribution is -2.37. The Morgan fingerprint density at radius 3 is 2.59 bits per heavy atom. The van der Waals surface area contributed by atoms with E-state index in [1.165, 1.54) is 11.6 Å². The highest BCUT2D eigenvalue weighted by atomic mass is 32.2. The average Bonchev–Trinajstić information content (AvgIpc) is 2.70. The Hall–Kier alpha value is -2.94. The highest BCUT2D eigenvalue weighted by Gasteiger charge is 2.23. The van der Waals surface area contributed by atoms with Crippen LogP contribution in [0.4, 0.5) is 0 Å². The van der Waals surface area contributed by atoms with Crippen molar-refractivity contribution < 1.29 is 9.53 Å². The third-order valence-electron chi connectivity index (χ3n) is 4.45. The maximum Gasteiger partial charge on any atom is 0.332 e. The first-order chi connectivity index (χ1) is 13.7. The van der Waals surface area contributed by atoms with E-state index in [2.05, 4.69) is 9.97 Å². The van der Waals surface area contributed by atoms with Gasteiger partial charge in [0.25, 0.3) is 5.56 Å². The summed E-state index contributed by atoms with van der Waals surface area (Å²) in [5.74, 6) is -0.0222. The normalized spacial score (nSPS) is 12.2. The first-order valence-corrected chi connectivity index (χ1v) is 10.0. The van der Waals surface area contributed by atoms with Crippen molar-refractivity contribution in [3.8, 4) is 11.4 Å². The monoisotopic (exact) mass is 414 g/mol. The summed E-state index contributed by atoms with van der Waals surface area (Å²) in [6.45, 7) is 5.64. The molecule has 0 saturated carbocycles. The summed E-state index contributed by atoms with van der Waals surface area (Å²) in [4.78, 5) is 46.5. The zero-order chi connectivity index (χ0) is 21.3. The number of esters is 1. The number of hydrogen-bond acceptors (Lipinski definition) is 7. The van der Waals surface area contributed by atoms with Gasteiger partial charge in [-0.3, -0.25) is 18.7 Å². The molecule has 0 spiro atoms. The molecule has 152 valence electrons. The Balaban J connectivity index is 2.30. The lowest BCUT2D eigenvalue weighted by molar-refractivity contribution is -0.142. The summed E-state index contributed by atoms with van der Waals surface area (Å²) in [7, 11) is 2.96. The topological polar surface area (TPSA) is 96.1 Å². The molecule has 8 nitrogen and oxygen atoms in total. The number of nitrogens with zero attached hydrogens (tertiary/aromatic N) is 4. The van der Waals surface area contributed by atoms with Crippen LogP contribution in [0, 0.1) is 6.92 Å². The van der Waals surface area contributed by atoms with Gasteiger partial charge in [0.2, 0.25) is 0 Å². The van der Waals surface area contributed by atoms with Crippen LogP contribution < -0.4 is 11.2 Å². The number of thioether (sulfide) groups is 1. The molecule has 2 heterocycles. The molecule has 0 bridgehead atoms. The number of carbonyl (C=O) groups excluding carboxylic acids is 1. The van der Waals surface area contributed by atoms with Crippen LogP contribution in [-0.2, 0) is 23.6 Å². The minimum absolute atomic E-state index is 0.201. The van der Waals surface area contributed by atoms with Crippen LogP contribution >= 0.6 is 11.8 Å². The maximum atomic E-state index is 12.8. The van der Waals surface area contributed by atoms with Gasteiger partial charge in [-0.2, -0.15) is 0 Å². The summed E-state index contributed by atoms with van der Waals surface area (Å²) in [5.41, 5.74) is 1.02. The molecule has 29 heavy (non-hydrogen) atoms. The first kappa shape index (κ1) is 20.8. The predicted octanol–water partition coefficient (Wildman–Crippen LogP) is 2.05. The predicted molar refractivity (Wildman–Crippen MR) is 112 cm³/mol. The quantitative estimate of drug-likeness (QED) is 0.358. The van der Waals surface area contributed by atoms with Gasteiger partial charge in [0, 0.05) is 19.7 Å². The van der Waals surface area contributed by atoms with E-state index in [-0.39, 0.29) is 17.6 Å². The van der Waals surface area contributed by atoms with E-state index in [1.54, 1.807) is 20.9 Å². The fourth-order valence-electron chi connectivity index (χ4n) is 2.90. The molecule has 0 saturated heterocycles. The van der Waals surface area contributed by atoms with Crippen LogP contribution in [0.25, 0.3) is 22.4 Å². The number of carbonyl (C=O) groups is 1. The molecule has 2 aromatic heterocycles. The number of ether oxygens (including phenoxy) is 1. The van der Waals surface area contributed by atoms with Gasteiger partial charge in [-0.15, -0.1) is 0 Å². The Morgan fingerprint density at radius 1 is 1.21 bits per heavy atom. The zero-order valence-electron chi connectivity index (χ0n) is 16.9. The van der Waals surface area contributed by atoms with Crippen molar-refractivity contribution in [1.29, 1.82) is 0 Å². The maximum absolute atomic E-state index is 12.8. The minimum Gasteiger partial charge on any atom is -0.465 e. The molecule has 0 aliphatic heterocycles. The first-order valence-electron chi connectivity index (χ1n) is 9.12. The van der Waals surface area contributed by atoms with Crippen LogP contribution in [0.1, 0.15) is 19.4 Å². The highest BCUT2D eigenvalue weighted by Crippen LogP contribution is 2.29. The Bertz CT molecular complexity index is 1220.